The highest BCUT2D eigenvalue weighted by molar-refractivity contribution is 8.00. The zero-order valence-corrected chi connectivity index (χ0v) is 11.1. The second-order valence-corrected chi connectivity index (χ2v) is 5.89. The first-order chi connectivity index (χ1) is 8.57. The number of carboxylic acid groups (broad SMARTS) is 1. The van der Waals surface area contributed by atoms with Crippen LogP contribution in [0.5, 0.6) is 0 Å². The van der Waals surface area contributed by atoms with E-state index in [2.05, 4.69) is 10.6 Å². The van der Waals surface area contributed by atoms with Crippen LogP contribution in [0.15, 0.2) is 0 Å². The van der Waals surface area contributed by atoms with E-state index in [1.165, 1.54) is 0 Å². The molecule has 7 heteroatoms. The summed E-state index contributed by atoms with van der Waals surface area (Å²) in [5.74, 6) is -0.0209. The Morgan fingerprint density at radius 3 is 3.06 bits per heavy atom. The third-order valence-corrected chi connectivity index (χ3v) is 5.02. The monoisotopic (exact) mass is 274 g/mol. The third kappa shape index (κ3) is 2.56. The number of hydrogen-bond acceptors (Lipinski definition) is 4. The summed E-state index contributed by atoms with van der Waals surface area (Å²) in [6.07, 6.45) is 2.65. The Labute approximate surface area is 110 Å². The van der Waals surface area contributed by atoms with Crippen LogP contribution in [-0.2, 0) is 9.53 Å². The number of ether oxygens (including phenoxy) is 1. The molecule has 0 aromatic carbocycles. The lowest BCUT2D eigenvalue weighted by atomic mass is 10.00. The largest absolute Gasteiger partial charge is 0.481 e. The van der Waals surface area contributed by atoms with Crippen LogP contribution in [0.3, 0.4) is 0 Å². The molecule has 2 aliphatic rings. The van der Waals surface area contributed by atoms with Gasteiger partial charge in [-0.15, -0.1) is 0 Å². The average molecular weight is 274 g/mol. The summed E-state index contributed by atoms with van der Waals surface area (Å²) in [4.78, 5) is 21.8. The van der Waals surface area contributed by atoms with Gasteiger partial charge in [0.25, 0.3) is 0 Å². The van der Waals surface area contributed by atoms with Gasteiger partial charge in [-0.25, -0.2) is 4.79 Å². The lowest BCUT2D eigenvalue weighted by molar-refractivity contribution is -0.137. The molecule has 3 unspecified atom stereocenters. The van der Waals surface area contributed by atoms with Crippen molar-refractivity contribution in [3.05, 3.63) is 0 Å². The molecule has 0 bridgehead atoms. The van der Waals surface area contributed by atoms with Gasteiger partial charge in [-0.2, -0.15) is 11.8 Å². The fourth-order valence-corrected chi connectivity index (χ4v) is 4.16. The Morgan fingerprint density at radius 1 is 1.61 bits per heavy atom. The maximum atomic E-state index is 11.4. The molecule has 2 aliphatic heterocycles. The predicted octanol–water partition coefficient (Wildman–Crippen LogP) is 0.771. The van der Waals surface area contributed by atoms with Crippen molar-refractivity contribution in [2.75, 3.05) is 12.9 Å². The second-order valence-electron chi connectivity index (χ2n) is 4.66. The molecule has 6 nitrogen and oxygen atoms in total. The Bertz CT molecular complexity index is 352. The molecule has 2 saturated heterocycles. The van der Waals surface area contributed by atoms with E-state index in [9.17, 15) is 9.59 Å². The van der Waals surface area contributed by atoms with E-state index in [0.717, 1.165) is 18.6 Å². The van der Waals surface area contributed by atoms with Crippen molar-refractivity contribution >= 4 is 23.8 Å². The quantitative estimate of drug-likeness (QED) is 0.492. The van der Waals surface area contributed by atoms with Crippen molar-refractivity contribution in [2.45, 2.75) is 42.7 Å². The van der Waals surface area contributed by atoms with Crippen LogP contribution in [0.25, 0.3) is 0 Å². The molecule has 0 aliphatic carbocycles. The van der Waals surface area contributed by atoms with Crippen molar-refractivity contribution in [3.8, 4) is 0 Å². The number of urea groups is 1. The Morgan fingerprint density at radius 2 is 2.39 bits per heavy atom. The molecule has 0 saturated carbocycles. The number of carbonyl (C=O) groups is 2. The molecular formula is C11H18N2O4S. The molecule has 0 spiro atoms. The molecule has 3 atom stereocenters. The van der Waals surface area contributed by atoms with Crippen molar-refractivity contribution in [2.24, 2.45) is 0 Å². The van der Waals surface area contributed by atoms with Crippen LogP contribution in [0.4, 0.5) is 4.79 Å². The summed E-state index contributed by atoms with van der Waals surface area (Å²) in [5, 5.41) is 14.6. The number of rotatable bonds is 6. The normalized spacial score (nSPS) is 33.9. The Balaban J connectivity index is 1.84. The lowest BCUT2D eigenvalue weighted by Gasteiger charge is -2.26. The van der Waals surface area contributed by atoms with Gasteiger partial charge in [-0.05, 0) is 12.8 Å². The van der Waals surface area contributed by atoms with Crippen molar-refractivity contribution in [1.82, 2.24) is 10.6 Å². The molecule has 18 heavy (non-hydrogen) atoms. The van der Waals surface area contributed by atoms with Gasteiger partial charge >= 0.3 is 12.0 Å². The molecule has 2 heterocycles. The number of thioether (sulfide) groups is 1. The highest BCUT2D eigenvalue weighted by atomic mass is 32.2. The summed E-state index contributed by atoms with van der Waals surface area (Å²) < 4.78 is 5.46. The maximum absolute atomic E-state index is 11.4. The minimum atomic E-state index is -0.754. The highest BCUT2D eigenvalue weighted by Gasteiger charge is 2.55. The molecule has 2 fully saturated rings. The zero-order valence-electron chi connectivity index (χ0n) is 10.3. The SMILES string of the molecule is COC12CSC(CCCCC(=O)O)C1NC(=O)N2. The summed E-state index contributed by atoms with van der Waals surface area (Å²) in [5.41, 5.74) is -0.584. The number of hydrogen-bond donors (Lipinski definition) is 3. The molecule has 2 rings (SSSR count). The predicted molar refractivity (Wildman–Crippen MR) is 67.5 cm³/mol. The number of carbonyl (C=O) groups excluding carboxylic acids is 1. The second kappa shape index (κ2) is 5.36. The van der Waals surface area contributed by atoms with Crippen LogP contribution in [-0.4, -0.2) is 47.0 Å². The van der Waals surface area contributed by atoms with Crippen LogP contribution < -0.4 is 10.6 Å². The Hall–Kier alpha value is -0.950. The van der Waals surface area contributed by atoms with E-state index in [0.29, 0.717) is 6.42 Å². The van der Waals surface area contributed by atoms with E-state index in [4.69, 9.17) is 9.84 Å². The van der Waals surface area contributed by atoms with Gasteiger partial charge in [0.2, 0.25) is 0 Å². The van der Waals surface area contributed by atoms with Crippen molar-refractivity contribution in [3.63, 3.8) is 0 Å². The molecule has 0 radical (unpaired) electrons. The first-order valence-corrected chi connectivity index (χ1v) is 7.09. The van der Waals surface area contributed by atoms with Crippen LogP contribution in [0.2, 0.25) is 0 Å². The van der Waals surface area contributed by atoms with Crippen LogP contribution in [0, 0.1) is 0 Å². The highest BCUT2D eigenvalue weighted by Crippen LogP contribution is 2.40. The van der Waals surface area contributed by atoms with E-state index in [-0.39, 0.29) is 23.7 Å². The molecule has 2 amide bonds. The van der Waals surface area contributed by atoms with Crippen molar-refractivity contribution in [1.29, 1.82) is 0 Å². The van der Waals surface area contributed by atoms with E-state index in [1.807, 2.05) is 0 Å². The minimum absolute atomic E-state index is 0.0233. The van der Waals surface area contributed by atoms with Crippen LogP contribution >= 0.6 is 11.8 Å². The summed E-state index contributed by atoms with van der Waals surface area (Å²) in [6.45, 7) is 0. The summed E-state index contributed by atoms with van der Waals surface area (Å²) >= 11 is 1.77. The fraction of sp³-hybridized carbons (Fsp3) is 0.818. The van der Waals surface area contributed by atoms with Gasteiger partial charge in [0.15, 0.2) is 5.72 Å². The Kier molecular flexibility index (Phi) is 4.01. The number of nitrogens with one attached hydrogen (secondary N) is 2. The molecule has 102 valence electrons. The number of fused-ring (bicyclic) bond motifs is 1. The van der Waals surface area contributed by atoms with E-state index >= 15 is 0 Å². The standard InChI is InChI=1S/C11H18N2O4S/c1-17-11-6-18-7(4-2-3-5-8(14)15)9(11)12-10(16)13-11/h7,9H,2-6H2,1H3,(H,14,15)(H2,12,13,16). The first kappa shape index (κ1) is 13.5. The summed E-state index contributed by atoms with van der Waals surface area (Å²) in [7, 11) is 1.60. The number of carboxylic acids is 1. The first-order valence-electron chi connectivity index (χ1n) is 6.04. The van der Waals surface area contributed by atoms with Gasteiger partial charge in [0.1, 0.15) is 0 Å². The van der Waals surface area contributed by atoms with E-state index in [1.54, 1.807) is 18.9 Å². The molecule has 0 aromatic heterocycles. The number of amides is 2. The minimum Gasteiger partial charge on any atom is -0.481 e. The van der Waals surface area contributed by atoms with Gasteiger partial charge in [-0.1, -0.05) is 6.42 Å². The van der Waals surface area contributed by atoms with Gasteiger partial charge in [0.05, 0.1) is 6.04 Å². The zero-order chi connectivity index (χ0) is 13.2. The van der Waals surface area contributed by atoms with Crippen LogP contribution in [0.1, 0.15) is 25.7 Å². The van der Waals surface area contributed by atoms with Gasteiger partial charge < -0.3 is 20.5 Å². The number of unbranched alkanes of at least 4 members (excludes halogenated alkanes) is 1. The van der Waals surface area contributed by atoms with Gasteiger partial charge in [-0.3, -0.25) is 4.79 Å². The average Bonchev–Trinajstić information content (AvgIpc) is 2.80. The van der Waals surface area contributed by atoms with E-state index < -0.39 is 11.7 Å². The molecular weight excluding hydrogens is 256 g/mol. The van der Waals surface area contributed by atoms with Gasteiger partial charge in [0, 0.05) is 24.5 Å². The lowest BCUT2D eigenvalue weighted by Crippen LogP contribution is -2.52. The topological polar surface area (TPSA) is 87.7 Å². The molecule has 0 aromatic rings. The number of aliphatic carboxylic acids is 1. The number of methoxy groups -OCH3 is 1. The van der Waals surface area contributed by atoms with Crippen molar-refractivity contribution < 1.29 is 19.4 Å². The fourth-order valence-electron chi connectivity index (χ4n) is 2.52. The molecule has 3 N–H and O–H groups in total. The third-order valence-electron chi connectivity index (χ3n) is 3.49. The summed E-state index contributed by atoms with van der Waals surface area (Å²) in [6, 6.07) is -0.206. The smallest absolute Gasteiger partial charge is 0.317 e. The maximum Gasteiger partial charge on any atom is 0.317 e.